The average molecular weight is 855 g/mol. The molecule has 60 heavy (non-hydrogen) atoms. The van der Waals surface area contributed by atoms with Gasteiger partial charge in [0.1, 0.15) is 23.0 Å². The largest absolute Gasteiger partial charge is 0.493 e. The standard InChI is InChI=1S/C52H72O6P2/c1-11-15-19-27-55-43-23-25-47(45(35-43)57-29-21-17-13-3)59(51(53)49-39(7)31-37(5)32-40(49)8)60(52(54)50-41(9)33-38(6)34-42(50)10)48-26-24-44(56-28-20-16-12-2)36-46(48)58-30-22-18-14-4/h23-26,31-36H,11-22,27-30H2,1-10H3. The van der Waals surface area contributed by atoms with E-state index in [-0.39, 0.29) is 11.0 Å². The van der Waals surface area contributed by atoms with Crippen LogP contribution in [0.1, 0.15) is 159 Å². The molecular weight excluding hydrogens is 783 g/mol. The van der Waals surface area contributed by atoms with E-state index in [1.165, 1.54) is 0 Å². The first-order valence-corrected chi connectivity index (χ1v) is 26.0. The maximum absolute atomic E-state index is 16.0. The summed E-state index contributed by atoms with van der Waals surface area (Å²) in [7, 11) is -3.87. The molecule has 0 radical (unpaired) electrons. The highest BCUT2D eigenvalue weighted by molar-refractivity contribution is 8.48. The van der Waals surface area contributed by atoms with Gasteiger partial charge in [0, 0.05) is 49.1 Å². The van der Waals surface area contributed by atoms with Gasteiger partial charge < -0.3 is 18.9 Å². The molecule has 0 N–H and O–H groups in total. The second-order valence-corrected chi connectivity index (χ2v) is 21.7. The minimum absolute atomic E-state index is 0.0336. The summed E-state index contributed by atoms with van der Waals surface area (Å²) >= 11 is 0. The van der Waals surface area contributed by atoms with Gasteiger partial charge in [0.25, 0.3) is 0 Å². The van der Waals surface area contributed by atoms with E-state index in [9.17, 15) is 0 Å². The molecule has 0 heterocycles. The monoisotopic (exact) mass is 854 g/mol. The van der Waals surface area contributed by atoms with Gasteiger partial charge in [0.2, 0.25) is 0 Å². The lowest BCUT2D eigenvalue weighted by molar-refractivity contribution is 0.107. The Morgan fingerprint density at radius 3 is 1.02 bits per heavy atom. The summed E-state index contributed by atoms with van der Waals surface area (Å²) in [6.45, 7) is 23.1. The zero-order valence-corrected chi connectivity index (χ0v) is 40.2. The number of aryl methyl sites for hydroxylation is 6. The topological polar surface area (TPSA) is 71.1 Å². The maximum Gasteiger partial charge on any atom is 0.194 e. The predicted octanol–water partition coefficient (Wildman–Crippen LogP) is 14.3. The van der Waals surface area contributed by atoms with Gasteiger partial charge in [-0.25, -0.2) is 0 Å². The Kier molecular flexibility index (Phi) is 20.6. The highest BCUT2D eigenvalue weighted by atomic mass is 32.1. The first kappa shape index (κ1) is 48.9. The third kappa shape index (κ3) is 13.6. The van der Waals surface area contributed by atoms with Crippen molar-refractivity contribution in [1.29, 1.82) is 0 Å². The molecule has 0 aromatic heterocycles. The van der Waals surface area contributed by atoms with Crippen molar-refractivity contribution in [3.63, 3.8) is 0 Å². The lowest BCUT2D eigenvalue weighted by Crippen LogP contribution is -2.22. The van der Waals surface area contributed by atoms with Gasteiger partial charge in [0.05, 0.1) is 26.4 Å². The summed E-state index contributed by atoms with van der Waals surface area (Å²) in [5.74, 6) is 2.63. The molecule has 8 heteroatoms. The summed E-state index contributed by atoms with van der Waals surface area (Å²) in [4.78, 5) is 31.9. The highest BCUT2D eigenvalue weighted by Crippen LogP contribution is 2.72. The van der Waals surface area contributed by atoms with Crippen LogP contribution in [0.5, 0.6) is 23.0 Å². The van der Waals surface area contributed by atoms with E-state index in [1.807, 2.05) is 64.1 Å². The Labute approximate surface area is 364 Å². The fourth-order valence-corrected chi connectivity index (χ4v) is 15.2. The number of unbranched alkanes of at least 4 members (excludes halogenated alkanes) is 8. The van der Waals surface area contributed by atoms with E-state index in [0.29, 0.717) is 60.6 Å². The van der Waals surface area contributed by atoms with Crippen LogP contribution in [0.2, 0.25) is 0 Å². The van der Waals surface area contributed by atoms with E-state index in [1.54, 1.807) is 0 Å². The van der Waals surface area contributed by atoms with Crippen molar-refractivity contribution in [3.05, 3.63) is 105 Å². The van der Waals surface area contributed by atoms with Crippen molar-refractivity contribution in [1.82, 2.24) is 0 Å². The summed E-state index contributed by atoms with van der Waals surface area (Å²) in [5.41, 5.74) is 7.08. The van der Waals surface area contributed by atoms with Gasteiger partial charge in [0.15, 0.2) is 11.0 Å². The highest BCUT2D eigenvalue weighted by Gasteiger charge is 2.42. The van der Waals surface area contributed by atoms with Crippen LogP contribution in [-0.4, -0.2) is 37.5 Å². The molecule has 0 aliphatic heterocycles. The van der Waals surface area contributed by atoms with E-state index >= 15 is 9.59 Å². The first-order valence-electron chi connectivity index (χ1n) is 22.6. The van der Waals surface area contributed by atoms with Crippen molar-refractivity contribution in [2.75, 3.05) is 26.4 Å². The van der Waals surface area contributed by atoms with Crippen molar-refractivity contribution < 1.29 is 28.5 Å². The molecule has 4 aromatic carbocycles. The summed E-state index contributed by atoms with van der Waals surface area (Å²) in [5, 5.41) is 1.51. The number of carbonyl (C=O) groups is 2. The molecule has 0 saturated carbocycles. The predicted molar refractivity (Wildman–Crippen MR) is 256 cm³/mol. The molecule has 326 valence electrons. The molecule has 0 saturated heterocycles. The number of carbonyl (C=O) groups excluding carboxylic acids is 2. The van der Waals surface area contributed by atoms with Gasteiger partial charge in [-0.15, -0.1) is 0 Å². The number of hydrogen-bond acceptors (Lipinski definition) is 6. The van der Waals surface area contributed by atoms with Crippen molar-refractivity contribution >= 4 is 36.9 Å². The number of ether oxygens (including phenoxy) is 4. The van der Waals surface area contributed by atoms with Crippen LogP contribution in [0.25, 0.3) is 0 Å². The molecule has 0 bridgehead atoms. The maximum atomic E-state index is 16.0. The first-order chi connectivity index (χ1) is 28.9. The Balaban J connectivity index is 2.08. The molecule has 4 rings (SSSR count). The smallest absolute Gasteiger partial charge is 0.194 e. The van der Waals surface area contributed by atoms with Crippen LogP contribution in [0, 0.1) is 41.5 Å². The molecule has 6 nitrogen and oxygen atoms in total. The second-order valence-electron chi connectivity index (χ2n) is 16.3. The molecule has 0 fully saturated rings. The van der Waals surface area contributed by atoms with Crippen molar-refractivity contribution in [3.8, 4) is 23.0 Å². The van der Waals surface area contributed by atoms with E-state index in [2.05, 4.69) is 65.8 Å². The Morgan fingerprint density at radius 1 is 0.417 bits per heavy atom. The Bertz CT molecular complexity index is 1820. The lowest BCUT2D eigenvalue weighted by atomic mass is 10.0. The van der Waals surface area contributed by atoms with Crippen LogP contribution in [0.15, 0.2) is 60.7 Å². The number of rotatable bonds is 27. The summed E-state index contributed by atoms with van der Waals surface area (Å²) < 4.78 is 26.1. The Morgan fingerprint density at radius 2 is 0.717 bits per heavy atom. The van der Waals surface area contributed by atoms with Gasteiger partial charge in [-0.1, -0.05) is 114 Å². The van der Waals surface area contributed by atoms with Crippen molar-refractivity contribution in [2.24, 2.45) is 0 Å². The molecular formula is C52H72O6P2. The van der Waals surface area contributed by atoms with Crippen molar-refractivity contribution in [2.45, 2.75) is 146 Å². The van der Waals surface area contributed by atoms with Crippen LogP contribution in [0.4, 0.5) is 0 Å². The molecule has 2 atom stereocenters. The Hall–Kier alpha value is -3.72. The van der Waals surface area contributed by atoms with Crippen LogP contribution in [-0.2, 0) is 0 Å². The molecule has 2 unspecified atom stereocenters. The molecule has 4 aromatic rings. The third-order valence-electron chi connectivity index (χ3n) is 10.7. The third-order valence-corrected chi connectivity index (χ3v) is 17.6. The summed E-state index contributed by atoms with van der Waals surface area (Å²) in [6, 6.07) is 20.2. The van der Waals surface area contributed by atoms with E-state index in [0.717, 1.165) is 121 Å². The molecule has 0 spiro atoms. The second kappa shape index (κ2) is 25.3. The zero-order valence-electron chi connectivity index (χ0n) is 38.4. The van der Waals surface area contributed by atoms with Gasteiger partial charge in [-0.2, -0.15) is 0 Å². The van der Waals surface area contributed by atoms with Gasteiger partial charge in [-0.05, 0) is 114 Å². The van der Waals surface area contributed by atoms with Gasteiger partial charge in [-0.3, -0.25) is 9.59 Å². The fraction of sp³-hybridized carbons (Fsp3) is 0.500. The number of benzene rings is 4. The van der Waals surface area contributed by atoms with Crippen LogP contribution < -0.4 is 29.6 Å². The van der Waals surface area contributed by atoms with Crippen LogP contribution >= 0.6 is 15.2 Å². The molecule has 0 amide bonds. The normalized spacial score (nSPS) is 12.2. The lowest BCUT2D eigenvalue weighted by Gasteiger charge is -2.31. The van der Waals surface area contributed by atoms with E-state index in [4.69, 9.17) is 18.9 Å². The molecule has 0 aliphatic carbocycles. The average Bonchev–Trinajstić information content (AvgIpc) is 3.20. The quantitative estimate of drug-likeness (QED) is 0.0439. The summed E-state index contributed by atoms with van der Waals surface area (Å²) in [6.07, 6.45) is 12.2. The van der Waals surface area contributed by atoms with E-state index < -0.39 is 15.2 Å². The van der Waals surface area contributed by atoms with Gasteiger partial charge >= 0.3 is 0 Å². The fourth-order valence-electron chi connectivity index (χ4n) is 7.76. The number of hydrogen-bond donors (Lipinski definition) is 0. The SMILES string of the molecule is CCCCCOc1ccc(P(C(=O)c2c(C)cc(C)cc2C)P(C(=O)c2c(C)cc(C)cc2C)c2ccc(OCCCCC)cc2OCCCCC)c(OCCCCC)c1. The minimum Gasteiger partial charge on any atom is -0.493 e. The van der Waals surface area contributed by atoms with Crippen LogP contribution in [0.3, 0.4) is 0 Å². The minimum atomic E-state index is -1.94. The molecule has 0 aliphatic rings. The zero-order chi connectivity index (χ0) is 43.6.